The second-order valence-corrected chi connectivity index (χ2v) is 13.4. The van der Waals surface area contributed by atoms with E-state index in [1.165, 1.54) is 32.6 Å². The van der Waals surface area contributed by atoms with E-state index in [1.807, 2.05) is 42.5 Å². The fraction of sp³-hybridized carbons (Fsp3) is 0. The highest BCUT2D eigenvalue weighted by atomic mass is 16.3. The molecule has 4 nitrogen and oxygen atoms in total. The number of para-hydroxylation sites is 2. The van der Waals surface area contributed by atoms with Gasteiger partial charge in [0, 0.05) is 43.7 Å². The van der Waals surface area contributed by atoms with Crippen molar-refractivity contribution in [1.82, 2.24) is 14.5 Å². The number of fused-ring (bicyclic) bond motifs is 8. The molecule has 0 aliphatic heterocycles. The monoisotopic (exact) mass is 663 g/mol. The average Bonchev–Trinajstić information content (AvgIpc) is 3.75. The summed E-state index contributed by atoms with van der Waals surface area (Å²) in [5.74, 6) is 0.682. The molecule has 0 aliphatic rings. The minimum absolute atomic E-state index is 0.682. The number of benzene rings is 8. The lowest BCUT2D eigenvalue weighted by Crippen LogP contribution is -1.95. The SMILES string of the molecule is c1ccc(-c2nc(-c3cccc4oc5cc(-c6cccc(-n7c8ccccc8c8cc9ccccc9cc87)c6)ccc5c34)nc3ccccc23)cc1. The van der Waals surface area contributed by atoms with Gasteiger partial charge in [0.05, 0.1) is 22.2 Å². The van der Waals surface area contributed by atoms with Crippen LogP contribution < -0.4 is 0 Å². The fourth-order valence-electron chi connectivity index (χ4n) is 7.96. The first kappa shape index (κ1) is 28.8. The summed E-state index contributed by atoms with van der Waals surface area (Å²) in [7, 11) is 0. The van der Waals surface area contributed by atoms with Crippen molar-refractivity contribution in [2.75, 3.05) is 0 Å². The van der Waals surface area contributed by atoms with Crippen molar-refractivity contribution in [1.29, 1.82) is 0 Å². The predicted molar refractivity (Wildman–Crippen MR) is 215 cm³/mol. The minimum Gasteiger partial charge on any atom is -0.456 e. The van der Waals surface area contributed by atoms with E-state index in [4.69, 9.17) is 14.4 Å². The highest BCUT2D eigenvalue weighted by Crippen LogP contribution is 2.40. The zero-order chi connectivity index (χ0) is 34.2. The van der Waals surface area contributed by atoms with E-state index in [0.29, 0.717) is 5.82 Å². The Bertz CT molecular complexity index is 3190. The van der Waals surface area contributed by atoms with Gasteiger partial charge in [-0.15, -0.1) is 0 Å². The van der Waals surface area contributed by atoms with E-state index in [2.05, 4.69) is 138 Å². The van der Waals surface area contributed by atoms with Crippen LogP contribution in [-0.2, 0) is 0 Å². The Morgan fingerprint density at radius 1 is 0.423 bits per heavy atom. The Balaban J connectivity index is 1.06. The van der Waals surface area contributed by atoms with Gasteiger partial charge in [-0.05, 0) is 76.5 Å². The van der Waals surface area contributed by atoms with Crippen LogP contribution in [0.4, 0.5) is 0 Å². The normalized spacial score (nSPS) is 11.8. The van der Waals surface area contributed by atoms with Gasteiger partial charge in [-0.2, -0.15) is 0 Å². The highest BCUT2D eigenvalue weighted by Gasteiger charge is 2.18. The summed E-state index contributed by atoms with van der Waals surface area (Å²) in [4.78, 5) is 10.3. The van der Waals surface area contributed by atoms with Gasteiger partial charge in [0.25, 0.3) is 0 Å². The smallest absolute Gasteiger partial charge is 0.161 e. The first-order valence-electron chi connectivity index (χ1n) is 17.6. The molecule has 52 heavy (non-hydrogen) atoms. The molecule has 0 saturated heterocycles. The molecule has 0 amide bonds. The molecule has 0 unspecified atom stereocenters. The van der Waals surface area contributed by atoms with Crippen molar-refractivity contribution < 1.29 is 4.42 Å². The number of rotatable bonds is 4. The van der Waals surface area contributed by atoms with E-state index < -0.39 is 0 Å². The van der Waals surface area contributed by atoms with Crippen LogP contribution in [0.3, 0.4) is 0 Å². The van der Waals surface area contributed by atoms with Crippen molar-refractivity contribution in [2.24, 2.45) is 0 Å². The van der Waals surface area contributed by atoms with Gasteiger partial charge >= 0.3 is 0 Å². The molecule has 4 heteroatoms. The Kier molecular flexibility index (Phi) is 6.22. The summed E-state index contributed by atoms with van der Waals surface area (Å²) in [5.41, 5.74) is 11.2. The predicted octanol–water partition coefficient (Wildman–Crippen LogP) is 12.8. The highest BCUT2D eigenvalue weighted by molar-refractivity contribution is 6.14. The molecule has 0 atom stereocenters. The average molecular weight is 664 g/mol. The molecule has 242 valence electrons. The van der Waals surface area contributed by atoms with Crippen molar-refractivity contribution in [2.45, 2.75) is 0 Å². The molecule has 11 aromatic rings. The van der Waals surface area contributed by atoms with Crippen LogP contribution in [0.15, 0.2) is 180 Å². The Labute approximate surface area is 298 Å². The molecule has 0 saturated carbocycles. The lowest BCUT2D eigenvalue weighted by atomic mass is 10.0. The third-order valence-corrected chi connectivity index (χ3v) is 10.4. The summed E-state index contributed by atoms with van der Waals surface area (Å²) in [6.45, 7) is 0. The van der Waals surface area contributed by atoms with Gasteiger partial charge in [-0.1, -0.05) is 121 Å². The molecular formula is C48H29N3O. The maximum absolute atomic E-state index is 6.58. The summed E-state index contributed by atoms with van der Waals surface area (Å²) < 4.78 is 8.97. The van der Waals surface area contributed by atoms with Crippen molar-refractivity contribution >= 4 is 65.4 Å². The second kappa shape index (κ2) is 11.2. The fourth-order valence-corrected chi connectivity index (χ4v) is 7.96. The minimum atomic E-state index is 0.682. The first-order valence-corrected chi connectivity index (χ1v) is 17.6. The summed E-state index contributed by atoms with van der Waals surface area (Å²) >= 11 is 0. The van der Waals surface area contributed by atoms with Crippen molar-refractivity contribution in [3.8, 4) is 39.5 Å². The van der Waals surface area contributed by atoms with Crippen LogP contribution in [0.1, 0.15) is 0 Å². The first-order chi connectivity index (χ1) is 25.8. The summed E-state index contributed by atoms with van der Waals surface area (Å²) in [5, 5.41) is 8.07. The van der Waals surface area contributed by atoms with Crippen LogP contribution in [0.5, 0.6) is 0 Å². The lowest BCUT2D eigenvalue weighted by molar-refractivity contribution is 0.669. The molecule has 3 aromatic heterocycles. The lowest BCUT2D eigenvalue weighted by Gasteiger charge is -2.11. The molecule has 8 aromatic carbocycles. The largest absolute Gasteiger partial charge is 0.456 e. The zero-order valence-corrected chi connectivity index (χ0v) is 28.0. The number of nitrogens with zero attached hydrogens (tertiary/aromatic N) is 3. The van der Waals surface area contributed by atoms with Gasteiger partial charge in [0.15, 0.2) is 5.82 Å². The molecular weight excluding hydrogens is 635 g/mol. The van der Waals surface area contributed by atoms with Gasteiger partial charge in [0.2, 0.25) is 0 Å². The van der Waals surface area contributed by atoms with Gasteiger partial charge < -0.3 is 8.98 Å². The van der Waals surface area contributed by atoms with Crippen LogP contribution in [0.2, 0.25) is 0 Å². The number of furan rings is 1. The van der Waals surface area contributed by atoms with Crippen LogP contribution >= 0.6 is 0 Å². The van der Waals surface area contributed by atoms with Gasteiger partial charge in [-0.25, -0.2) is 9.97 Å². The molecule has 3 heterocycles. The Morgan fingerprint density at radius 2 is 1.15 bits per heavy atom. The molecule has 0 radical (unpaired) electrons. The van der Waals surface area contributed by atoms with E-state index in [-0.39, 0.29) is 0 Å². The van der Waals surface area contributed by atoms with Gasteiger partial charge in [0.1, 0.15) is 11.2 Å². The standard InChI is InChI=1S/C48H29N3O/c1-2-12-30(13-3-1)47-37-19-6-8-21-41(37)49-48(50-47)39-20-11-23-44-46(39)38-25-24-34(29-45(38)52-44)31-16-10-17-35(26-31)51-42-22-9-7-18-36(42)40-27-32-14-4-5-15-33(32)28-43(40)51/h1-29H. The number of aromatic nitrogens is 3. The van der Waals surface area contributed by atoms with Crippen molar-refractivity contribution in [3.63, 3.8) is 0 Å². The van der Waals surface area contributed by atoms with Gasteiger partial charge in [-0.3, -0.25) is 0 Å². The molecule has 0 aliphatic carbocycles. The molecule has 0 spiro atoms. The van der Waals surface area contributed by atoms with E-state index >= 15 is 0 Å². The molecule has 0 N–H and O–H groups in total. The Morgan fingerprint density at radius 3 is 2.06 bits per heavy atom. The molecule has 0 fully saturated rings. The third-order valence-electron chi connectivity index (χ3n) is 10.4. The quantitative estimate of drug-likeness (QED) is 0.188. The van der Waals surface area contributed by atoms with Crippen LogP contribution in [0, 0.1) is 0 Å². The Hall–Kier alpha value is -7.04. The van der Waals surface area contributed by atoms with E-state index in [1.54, 1.807) is 0 Å². The summed E-state index contributed by atoms with van der Waals surface area (Å²) in [6, 6.07) is 62.0. The van der Waals surface area contributed by atoms with Crippen molar-refractivity contribution in [3.05, 3.63) is 176 Å². The van der Waals surface area contributed by atoms with Crippen LogP contribution in [0.25, 0.3) is 105 Å². The molecule has 0 bridgehead atoms. The maximum Gasteiger partial charge on any atom is 0.161 e. The zero-order valence-electron chi connectivity index (χ0n) is 28.0. The number of hydrogen-bond acceptors (Lipinski definition) is 3. The third kappa shape index (κ3) is 4.41. The maximum atomic E-state index is 6.58. The van der Waals surface area contributed by atoms with E-state index in [9.17, 15) is 0 Å². The van der Waals surface area contributed by atoms with E-state index in [0.717, 1.165) is 66.5 Å². The second-order valence-electron chi connectivity index (χ2n) is 13.4. The topological polar surface area (TPSA) is 43.9 Å². The number of hydrogen-bond donors (Lipinski definition) is 0. The molecule has 11 rings (SSSR count). The van der Waals surface area contributed by atoms with Crippen LogP contribution in [-0.4, -0.2) is 14.5 Å². The summed E-state index contributed by atoms with van der Waals surface area (Å²) in [6.07, 6.45) is 0.